The second kappa shape index (κ2) is 4.54. The highest BCUT2D eigenvalue weighted by molar-refractivity contribution is 6.08. The Morgan fingerprint density at radius 2 is 0.786 bits per heavy atom. The van der Waals surface area contributed by atoms with Crippen molar-refractivity contribution in [1.82, 2.24) is 0 Å². The summed E-state index contributed by atoms with van der Waals surface area (Å²) in [6, 6.07) is 27.2. The normalized spacial score (nSPS) is 27.0. The summed E-state index contributed by atoms with van der Waals surface area (Å²) in [7, 11) is 0. The molecule has 2 saturated heterocycles. The van der Waals surface area contributed by atoms with Gasteiger partial charge in [0, 0.05) is 0 Å². The first-order chi connectivity index (χ1) is 13.8. The zero-order valence-corrected chi connectivity index (χ0v) is 15.1. The first-order valence-electron chi connectivity index (χ1n) is 9.97. The van der Waals surface area contributed by atoms with Gasteiger partial charge in [0.05, 0.1) is 0 Å². The van der Waals surface area contributed by atoms with E-state index in [0.717, 1.165) is 0 Å². The fourth-order valence-corrected chi connectivity index (χ4v) is 5.27. The summed E-state index contributed by atoms with van der Waals surface area (Å²) >= 11 is 0. The molecule has 0 spiro atoms. The van der Waals surface area contributed by atoms with E-state index in [2.05, 4.69) is 72.8 Å². The van der Waals surface area contributed by atoms with Crippen LogP contribution < -0.4 is 0 Å². The lowest BCUT2D eigenvalue weighted by Crippen LogP contribution is -2.07. The summed E-state index contributed by atoms with van der Waals surface area (Å²) in [5, 5.41) is 10.3. The zero-order valence-electron chi connectivity index (χ0n) is 15.1. The van der Waals surface area contributed by atoms with Gasteiger partial charge in [-0.1, -0.05) is 24.3 Å². The molecule has 8 rings (SSSR count). The molecule has 0 N–H and O–H groups in total. The average molecular weight is 360 g/mol. The Balaban J connectivity index is 1.42. The third-order valence-electron chi connectivity index (χ3n) is 6.81. The van der Waals surface area contributed by atoms with Gasteiger partial charge in [0.15, 0.2) is 0 Å². The second-order valence-electron chi connectivity index (χ2n) is 8.47. The minimum Gasteiger partial charge on any atom is -0.362 e. The molecule has 2 aliphatic heterocycles. The second-order valence-corrected chi connectivity index (χ2v) is 8.47. The number of ether oxygens (including phenoxy) is 2. The van der Waals surface area contributed by atoms with Crippen LogP contribution in [0.2, 0.25) is 0 Å². The van der Waals surface area contributed by atoms with Crippen LogP contribution in [0.1, 0.15) is 23.3 Å². The van der Waals surface area contributed by atoms with Crippen molar-refractivity contribution in [3.63, 3.8) is 0 Å². The Labute approximate surface area is 161 Å². The molecule has 5 aromatic carbocycles. The number of benzene rings is 5. The molecule has 1 aliphatic carbocycles. The molecule has 2 heterocycles. The molecule has 2 fully saturated rings. The van der Waals surface area contributed by atoms with E-state index in [1.165, 1.54) is 54.2 Å². The number of fused-ring (bicyclic) bond motifs is 10. The van der Waals surface area contributed by atoms with Gasteiger partial charge in [0.1, 0.15) is 24.4 Å². The van der Waals surface area contributed by atoms with E-state index in [1.807, 2.05) is 0 Å². The summed E-state index contributed by atoms with van der Waals surface area (Å²) in [6.45, 7) is 0. The van der Waals surface area contributed by atoms with Gasteiger partial charge < -0.3 is 9.47 Å². The quantitative estimate of drug-likeness (QED) is 0.243. The first-order valence-corrected chi connectivity index (χ1v) is 9.97. The molecule has 5 aromatic rings. The van der Waals surface area contributed by atoms with Crippen LogP contribution in [0.5, 0.6) is 0 Å². The highest BCUT2D eigenvalue weighted by Gasteiger charge is 2.63. The highest BCUT2D eigenvalue weighted by Crippen LogP contribution is 2.61. The lowest BCUT2D eigenvalue weighted by Gasteiger charge is -2.12. The van der Waals surface area contributed by atoms with E-state index >= 15 is 0 Å². The summed E-state index contributed by atoms with van der Waals surface area (Å²) in [5.74, 6) is 0. The van der Waals surface area contributed by atoms with E-state index in [1.54, 1.807) is 0 Å². The highest BCUT2D eigenvalue weighted by atomic mass is 16.7. The first kappa shape index (κ1) is 14.1. The van der Waals surface area contributed by atoms with Gasteiger partial charge in [-0.05, 0) is 103 Å². The monoisotopic (exact) mass is 360 g/mol. The summed E-state index contributed by atoms with van der Waals surface area (Å²) in [5.41, 5.74) is 2.67. The molecule has 0 amide bonds. The van der Waals surface area contributed by atoms with Crippen LogP contribution in [0.15, 0.2) is 72.8 Å². The Hall–Kier alpha value is -2.94. The van der Waals surface area contributed by atoms with Crippen molar-refractivity contribution < 1.29 is 9.47 Å². The summed E-state index contributed by atoms with van der Waals surface area (Å²) in [4.78, 5) is 0. The van der Waals surface area contributed by atoms with Crippen molar-refractivity contribution in [2.24, 2.45) is 0 Å². The Bertz CT molecular complexity index is 1390. The molecule has 0 aromatic heterocycles. The molecule has 0 radical (unpaired) electrons. The van der Waals surface area contributed by atoms with Crippen LogP contribution in [0.4, 0.5) is 0 Å². The molecular weight excluding hydrogens is 344 g/mol. The SMILES string of the molecule is c1ccc2cc3cc4cc5cc6c(cc5cc4cc3cc2c1)C1OC1C1OC61. The fraction of sp³-hybridized carbons (Fsp3) is 0.154. The number of epoxide rings is 2. The number of rotatable bonds is 0. The smallest absolute Gasteiger partial charge is 0.118 e. The molecule has 0 saturated carbocycles. The number of hydrogen-bond donors (Lipinski definition) is 0. The number of hydrogen-bond acceptors (Lipinski definition) is 2. The predicted octanol–water partition coefficient (Wildman–Crippen LogP) is 6.19. The zero-order chi connectivity index (χ0) is 18.0. The largest absolute Gasteiger partial charge is 0.362 e. The van der Waals surface area contributed by atoms with Gasteiger partial charge in [-0.15, -0.1) is 0 Å². The van der Waals surface area contributed by atoms with Crippen LogP contribution in [0.3, 0.4) is 0 Å². The van der Waals surface area contributed by atoms with E-state index in [-0.39, 0.29) is 12.2 Å². The maximum absolute atomic E-state index is 5.87. The van der Waals surface area contributed by atoms with Gasteiger partial charge >= 0.3 is 0 Å². The lowest BCUT2D eigenvalue weighted by atomic mass is 9.88. The van der Waals surface area contributed by atoms with Crippen LogP contribution in [-0.4, -0.2) is 12.2 Å². The van der Waals surface area contributed by atoms with Crippen molar-refractivity contribution in [2.75, 3.05) is 0 Å². The maximum Gasteiger partial charge on any atom is 0.118 e. The standard InChI is InChI=1S/C26H16O2/c1-2-4-14-6-16-8-18-10-20-12-22-21(23-25(27-23)26-24(22)28-26)11-19(20)9-17(18)7-15(16)5-13(14)3-1/h1-12,23-26H. The van der Waals surface area contributed by atoms with E-state index in [0.29, 0.717) is 12.2 Å². The molecule has 2 heteroatoms. The molecule has 132 valence electrons. The minimum atomic E-state index is 0.252. The van der Waals surface area contributed by atoms with Crippen molar-refractivity contribution in [2.45, 2.75) is 24.4 Å². The van der Waals surface area contributed by atoms with Gasteiger partial charge in [-0.3, -0.25) is 0 Å². The molecule has 4 atom stereocenters. The maximum atomic E-state index is 5.87. The molecule has 3 aliphatic rings. The van der Waals surface area contributed by atoms with Crippen molar-refractivity contribution in [3.8, 4) is 0 Å². The third-order valence-corrected chi connectivity index (χ3v) is 6.81. The molecule has 2 nitrogen and oxygen atoms in total. The molecule has 4 unspecified atom stereocenters. The van der Waals surface area contributed by atoms with Crippen molar-refractivity contribution in [3.05, 3.63) is 83.9 Å². The van der Waals surface area contributed by atoms with Crippen LogP contribution in [-0.2, 0) is 9.47 Å². The van der Waals surface area contributed by atoms with Crippen molar-refractivity contribution >= 4 is 43.1 Å². The minimum absolute atomic E-state index is 0.252. The predicted molar refractivity (Wildman–Crippen MR) is 112 cm³/mol. The Morgan fingerprint density at radius 1 is 0.429 bits per heavy atom. The van der Waals surface area contributed by atoms with Crippen LogP contribution >= 0.6 is 0 Å². The van der Waals surface area contributed by atoms with Crippen LogP contribution in [0.25, 0.3) is 43.1 Å². The lowest BCUT2D eigenvalue weighted by molar-refractivity contribution is 0.304. The molecule has 0 bridgehead atoms. The summed E-state index contributed by atoms with van der Waals surface area (Å²) < 4.78 is 11.7. The van der Waals surface area contributed by atoms with E-state index < -0.39 is 0 Å². The Morgan fingerprint density at radius 3 is 1.21 bits per heavy atom. The van der Waals surface area contributed by atoms with E-state index in [4.69, 9.17) is 9.47 Å². The molecule has 28 heavy (non-hydrogen) atoms. The molecular formula is C26H16O2. The topological polar surface area (TPSA) is 25.1 Å². The Kier molecular flexibility index (Phi) is 2.29. The van der Waals surface area contributed by atoms with Gasteiger partial charge in [-0.2, -0.15) is 0 Å². The fourth-order valence-electron chi connectivity index (χ4n) is 5.27. The van der Waals surface area contributed by atoms with E-state index in [9.17, 15) is 0 Å². The van der Waals surface area contributed by atoms with Crippen LogP contribution in [0, 0.1) is 0 Å². The summed E-state index contributed by atoms with van der Waals surface area (Å²) in [6.07, 6.45) is 1.10. The van der Waals surface area contributed by atoms with Gasteiger partial charge in [0.25, 0.3) is 0 Å². The third kappa shape index (κ3) is 1.75. The van der Waals surface area contributed by atoms with Gasteiger partial charge in [-0.25, -0.2) is 0 Å². The average Bonchev–Trinajstić information content (AvgIpc) is 3.60. The van der Waals surface area contributed by atoms with Crippen molar-refractivity contribution in [1.29, 1.82) is 0 Å². The van der Waals surface area contributed by atoms with Gasteiger partial charge in [0.2, 0.25) is 0 Å².